The van der Waals surface area contributed by atoms with Gasteiger partial charge in [0, 0.05) is 38.4 Å². The quantitative estimate of drug-likeness (QED) is 0.801. The van der Waals surface area contributed by atoms with Crippen molar-refractivity contribution in [3.05, 3.63) is 23.6 Å². The lowest BCUT2D eigenvalue weighted by atomic mass is 10.1. The summed E-state index contributed by atoms with van der Waals surface area (Å²) < 4.78 is 13.7. The Morgan fingerprint density at radius 1 is 1.55 bits per heavy atom. The Morgan fingerprint density at radius 3 is 3.05 bits per heavy atom. The van der Waals surface area contributed by atoms with Crippen LogP contribution in [0.1, 0.15) is 10.4 Å². The minimum Gasteiger partial charge on any atom is -0.381 e. The number of amides is 1. The largest absolute Gasteiger partial charge is 0.381 e. The summed E-state index contributed by atoms with van der Waals surface area (Å²) in [5.74, 6) is -1.48. The summed E-state index contributed by atoms with van der Waals surface area (Å²) in [6, 6.07) is 1.55. The van der Waals surface area contributed by atoms with Crippen LogP contribution in [0.4, 0.5) is 10.2 Å². The van der Waals surface area contributed by atoms with Crippen molar-refractivity contribution >= 4 is 11.7 Å². The Balaban J connectivity index is 1.96. The maximum Gasteiger partial charge on any atom is 0.254 e. The number of rotatable bonds is 3. The standard InChI is InChI=1S/C13H20FN5O/c1-18-5-6-19(2)9(8-18)7-17-13(20)10-3-4-16-12(15)11(10)14/h3-4,9H,5-8H2,1-2H3,(H2,15,16)(H,17,20). The molecule has 2 heterocycles. The Kier molecular flexibility index (Phi) is 4.51. The third-order valence-electron chi connectivity index (χ3n) is 3.64. The van der Waals surface area contributed by atoms with Gasteiger partial charge >= 0.3 is 0 Å². The van der Waals surface area contributed by atoms with E-state index in [0.29, 0.717) is 6.54 Å². The van der Waals surface area contributed by atoms with Gasteiger partial charge in [-0.05, 0) is 20.2 Å². The number of aromatic nitrogens is 1. The second-order valence-electron chi connectivity index (χ2n) is 5.16. The van der Waals surface area contributed by atoms with Crippen LogP contribution in [-0.4, -0.2) is 67.0 Å². The summed E-state index contributed by atoms with van der Waals surface area (Å²) in [4.78, 5) is 20.0. The molecule has 1 aromatic rings. The van der Waals surface area contributed by atoms with E-state index in [1.807, 2.05) is 14.1 Å². The van der Waals surface area contributed by atoms with Crippen LogP contribution in [0.15, 0.2) is 12.3 Å². The van der Waals surface area contributed by atoms with Gasteiger partial charge in [-0.15, -0.1) is 0 Å². The molecule has 20 heavy (non-hydrogen) atoms. The molecule has 1 amide bonds. The normalized spacial score (nSPS) is 20.9. The predicted molar refractivity (Wildman–Crippen MR) is 74.9 cm³/mol. The molecule has 0 saturated carbocycles. The van der Waals surface area contributed by atoms with Crippen molar-refractivity contribution in [2.45, 2.75) is 6.04 Å². The van der Waals surface area contributed by atoms with Crippen LogP contribution in [0.5, 0.6) is 0 Å². The highest BCUT2D eigenvalue weighted by molar-refractivity contribution is 5.95. The second-order valence-corrected chi connectivity index (χ2v) is 5.16. The minimum atomic E-state index is -0.765. The van der Waals surface area contributed by atoms with E-state index in [2.05, 4.69) is 20.1 Å². The highest BCUT2D eigenvalue weighted by Crippen LogP contribution is 2.12. The van der Waals surface area contributed by atoms with Crippen LogP contribution in [0.2, 0.25) is 0 Å². The summed E-state index contributed by atoms with van der Waals surface area (Å²) in [5.41, 5.74) is 5.29. The van der Waals surface area contributed by atoms with Crippen LogP contribution in [0, 0.1) is 5.82 Å². The number of halogens is 1. The lowest BCUT2D eigenvalue weighted by molar-refractivity contribution is 0.0877. The summed E-state index contributed by atoms with van der Waals surface area (Å²) >= 11 is 0. The number of nitrogens with zero attached hydrogens (tertiary/aromatic N) is 3. The average Bonchev–Trinajstić information content (AvgIpc) is 2.42. The zero-order valence-electron chi connectivity index (χ0n) is 11.8. The molecule has 2 rings (SSSR count). The summed E-state index contributed by atoms with van der Waals surface area (Å²) in [6.07, 6.45) is 1.33. The Labute approximate surface area is 117 Å². The Morgan fingerprint density at radius 2 is 2.30 bits per heavy atom. The fraction of sp³-hybridized carbons (Fsp3) is 0.538. The number of anilines is 1. The number of likely N-dealkylation sites (N-methyl/N-ethyl adjacent to an activating group) is 2. The number of hydrogen-bond acceptors (Lipinski definition) is 5. The molecule has 3 N–H and O–H groups in total. The first-order valence-corrected chi connectivity index (χ1v) is 6.56. The van der Waals surface area contributed by atoms with Crippen molar-refractivity contribution in [2.24, 2.45) is 0 Å². The molecule has 1 aromatic heterocycles. The molecule has 1 fully saturated rings. The lowest BCUT2D eigenvalue weighted by Crippen LogP contribution is -2.54. The molecule has 1 aliphatic heterocycles. The van der Waals surface area contributed by atoms with Crippen molar-refractivity contribution in [1.82, 2.24) is 20.1 Å². The maximum absolute atomic E-state index is 13.7. The third kappa shape index (κ3) is 3.23. The SMILES string of the molecule is CN1CCN(C)C(CNC(=O)c2ccnc(N)c2F)C1. The fourth-order valence-electron chi connectivity index (χ4n) is 2.26. The number of carbonyl (C=O) groups excluding carboxylic acids is 1. The van der Waals surface area contributed by atoms with E-state index >= 15 is 0 Å². The molecule has 0 aromatic carbocycles. The summed E-state index contributed by atoms with van der Waals surface area (Å²) in [6.45, 7) is 3.31. The van der Waals surface area contributed by atoms with Gasteiger partial charge in [0.15, 0.2) is 11.6 Å². The van der Waals surface area contributed by atoms with Crippen LogP contribution in [0.25, 0.3) is 0 Å². The summed E-state index contributed by atoms with van der Waals surface area (Å²) in [5, 5.41) is 2.76. The molecule has 1 atom stereocenters. The topological polar surface area (TPSA) is 74.5 Å². The molecule has 1 saturated heterocycles. The van der Waals surface area contributed by atoms with Crippen molar-refractivity contribution in [1.29, 1.82) is 0 Å². The number of nitrogen functional groups attached to an aromatic ring is 1. The monoisotopic (exact) mass is 281 g/mol. The van der Waals surface area contributed by atoms with E-state index in [0.717, 1.165) is 19.6 Å². The summed E-state index contributed by atoms with van der Waals surface area (Å²) in [7, 11) is 4.07. The fourth-order valence-corrected chi connectivity index (χ4v) is 2.26. The van der Waals surface area contributed by atoms with Crippen LogP contribution in [0.3, 0.4) is 0 Å². The Hall–Kier alpha value is -1.73. The van der Waals surface area contributed by atoms with Gasteiger partial charge in [-0.3, -0.25) is 9.69 Å². The first-order valence-electron chi connectivity index (χ1n) is 6.56. The number of piperazine rings is 1. The number of nitrogens with two attached hydrogens (primary N) is 1. The molecule has 0 bridgehead atoms. The smallest absolute Gasteiger partial charge is 0.254 e. The first-order chi connectivity index (χ1) is 9.49. The van der Waals surface area contributed by atoms with Gasteiger partial charge in [0.05, 0.1) is 5.56 Å². The predicted octanol–water partition coefficient (Wildman–Crippen LogP) is -0.221. The van der Waals surface area contributed by atoms with Crippen molar-refractivity contribution < 1.29 is 9.18 Å². The van der Waals surface area contributed by atoms with Gasteiger partial charge in [0.1, 0.15) is 0 Å². The van der Waals surface area contributed by atoms with Gasteiger partial charge in [0.2, 0.25) is 0 Å². The van der Waals surface area contributed by atoms with Crippen molar-refractivity contribution in [3.8, 4) is 0 Å². The van der Waals surface area contributed by atoms with Gasteiger partial charge in [-0.25, -0.2) is 9.37 Å². The highest BCUT2D eigenvalue weighted by Gasteiger charge is 2.23. The van der Waals surface area contributed by atoms with Crippen molar-refractivity contribution in [2.75, 3.05) is 46.0 Å². The van der Waals surface area contributed by atoms with Gasteiger partial charge in [-0.1, -0.05) is 0 Å². The van der Waals surface area contributed by atoms with Gasteiger partial charge in [0.25, 0.3) is 5.91 Å². The first kappa shape index (κ1) is 14.7. The van der Waals surface area contributed by atoms with Crippen molar-refractivity contribution in [3.63, 3.8) is 0 Å². The van der Waals surface area contributed by atoms with Crippen LogP contribution in [-0.2, 0) is 0 Å². The zero-order chi connectivity index (χ0) is 14.7. The van der Waals surface area contributed by atoms with Crippen LogP contribution >= 0.6 is 0 Å². The number of carbonyl (C=O) groups is 1. The molecule has 110 valence electrons. The van der Waals surface area contributed by atoms with E-state index in [-0.39, 0.29) is 17.4 Å². The number of hydrogen-bond donors (Lipinski definition) is 2. The molecule has 1 aliphatic rings. The minimum absolute atomic E-state index is 0.0654. The molecule has 1 unspecified atom stereocenters. The van der Waals surface area contributed by atoms with E-state index < -0.39 is 11.7 Å². The molecule has 7 heteroatoms. The molecular weight excluding hydrogens is 261 g/mol. The molecule has 6 nitrogen and oxygen atoms in total. The zero-order valence-corrected chi connectivity index (χ0v) is 11.8. The van der Waals surface area contributed by atoms with E-state index in [4.69, 9.17) is 5.73 Å². The lowest BCUT2D eigenvalue weighted by Gasteiger charge is -2.37. The maximum atomic E-state index is 13.7. The average molecular weight is 281 g/mol. The molecule has 0 aliphatic carbocycles. The van der Waals surface area contributed by atoms with E-state index in [1.54, 1.807) is 0 Å². The second kappa shape index (κ2) is 6.15. The third-order valence-corrected chi connectivity index (χ3v) is 3.64. The van der Waals surface area contributed by atoms with Gasteiger partial charge < -0.3 is 16.0 Å². The molecule has 0 radical (unpaired) electrons. The van der Waals surface area contributed by atoms with Gasteiger partial charge in [-0.2, -0.15) is 0 Å². The van der Waals surface area contributed by atoms with E-state index in [9.17, 15) is 9.18 Å². The number of nitrogens with one attached hydrogen (secondary N) is 1. The molecule has 0 spiro atoms. The highest BCUT2D eigenvalue weighted by atomic mass is 19.1. The Bertz CT molecular complexity index is 496. The number of pyridine rings is 1. The van der Waals surface area contributed by atoms with E-state index in [1.165, 1.54) is 12.3 Å². The molecular formula is C13H20FN5O. The van der Waals surface area contributed by atoms with Crippen LogP contribution < -0.4 is 11.1 Å².